The predicted molar refractivity (Wildman–Crippen MR) is 124 cm³/mol. The number of nitrogens with zero attached hydrogens (tertiary/aromatic N) is 3. The summed E-state index contributed by atoms with van der Waals surface area (Å²) in [5.74, 6) is 0.609. The molecule has 0 fully saturated rings. The van der Waals surface area contributed by atoms with Crippen molar-refractivity contribution in [2.24, 2.45) is 0 Å². The Morgan fingerprint density at radius 3 is 2.37 bits per heavy atom. The number of rotatable bonds is 7. The zero-order valence-electron chi connectivity index (χ0n) is 18.8. The molecule has 0 saturated carbocycles. The van der Waals surface area contributed by atoms with Crippen LogP contribution >= 0.6 is 0 Å². The summed E-state index contributed by atoms with van der Waals surface area (Å²) in [5.41, 5.74) is 1.13. The van der Waals surface area contributed by atoms with Crippen molar-refractivity contribution >= 4 is 11.6 Å². The predicted octanol–water partition coefficient (Wildman–Crippen LogP) is 5.61. The third-order valence-corrected chi connectivity index (χ3v) is 5.03. The Kier molecular flexibility index (Phi) is 6.72. The van der Waals surface area contributed by atoms with Gasteiger partial charge in [0.25, 0.3) is 5.91 Å². The van der Waals surface area contributed by atoms with Crippen molar-refractivity contribution < 1.29 is 27.4 Å². The van der Waals surface area contributed by atoms with Crippen LogP contribution in [-0.4, -0.2) is 34.4 Å². The number of ether oxygens (including phenoxy) is 2. The Hall–Kier alpha value is -4.34. The Bertz CT molecular complexity index is 1320. The van der Waals surface area contributed by atoms with E-state index in [9.17, 15) is 18.0 Å². The average Bonchev–Trinajstić information content (AvgIpc) is 3.28. The van der Waals surface area contributed by atoms with Gasteiger partial charge in [-0.2, -0.15) is 18.2 Å². The number of carbonyl (C=O) groups is 1. The summed E-state index contributed by atoms with van der Waals surface area (Å²) in [4.78, 5) is 17.0. The summed E-state index contributed by atoms with van der Waals surface area (Å²) in [7, 11) is 1.54. The van der Waals surface area contributed by atoms with Crippen LogP contribution in [0.4, 0.5) is 18.9 Å². The number of alkyl halides is 3. The second kappa shape index (κ2) is 9.88. The molecule has 0 aliphatic carbocycles. The van der Waals surface area contributed by atoms with Gasteiger partial charge < -0.3 is 14.8 Å². The van der Waals surface area contributed by atoms with Crippen LogP contribution in [0, 0.1) is 0 Å². The number of hydrogen-bond donors (Lipinski definition) is 1. The molecule has 1 N–H and O–H groups in total. The molecule has 0 aliphatic heterocycles. The molecule has 0 spiro atoms. The van der Waals surface area contributed by atoms with E-state index in [1.807, 2.05) is 0 Å². The molecular formula is C25H21F3N4O3. The van der Waals surface area contributed by atoms with Crippen molar-refractivity contribution in [3.8, 4) is 28.8 Å². The topological polar surface area (TPSA) is 78.3 Å². The average molecular weight is 482 g/mol. The Morgan fingerprint density at radius 2 is 1.74 bits per heavy atom. The van der Waals surface area contributed by atoms with E-state index in [1.54, 1.807) is 62.6 Å². The zero-order chi connectivity index (χ0) is 25.0. The molecule has 3 aromatic carbocycles. The van der Waals surface area contributed by atoms with Gasteiger partial charge in [0.1, 0.15) is 5.75 Å². The highest BCUT2D eigenvalue weighted by Gasteiger charge is 2.30. The van der Waals surface area contributed by atoms with E-state index in [0.717, 1.165) is 12.1 Å². The van der Waals surface area contributed by atoms with Gasteiger partial charge >= 0.3 is 12.2 Å². The molecule has 4 rings (SSSR count). The second-order valence-electron chi connectivity index (χ2n) is 7.37. The molecule has 0 bridgehead atoms. The maximum absolute atomic E-state index is 13.0. The van der Waals surface area contributed by atoms with Crippen LogP contribution < -0.4 is 14.8 Å². The minimum absolute atomic E-state index is 0.0788. The lowest BCUT2D eigenvalue weighted by Crippen LogP contribution is -2.12. The van der Waals surface area contributed by atoms with Crippen LogP contribution in [0.25, 0.3) is 17.1 Å². The first-order valence-electron chi connectivity index (χ1n) is 10.6. The lowest BCUT2D eigenvalue weighted by Gasteiger charge is -2.10. The summed E-state index contributed by atoms with van der Waals surface area (Å²) in [6.07, 6.45) is -4.45. The number of anilines is 1. The van der Waals surface area contributed by atoms with E-state index in [1.165, 1.54) is 16.8 Å². The highest BCUT2D eigenvalue weighted by Crippen LogP contribution is 2.32. The van der Waals surface area contributed by atoms with Gasteiger partial charge in [0.2, 0.25) is 0 Å². The van der Waals surface area contributed by atoms with E-state index >= 15 is 0 Å². The van der Waals surface area contributed by atoms with Gasteiger partial charge in [-0.15, -0.1) is 5.10 Å². The Morgan fingerprint density at radius 1 is 1.03 bits per heavy atom. The smallest absolute Gasteiger partial charge is 0.416 e. The number of carbonyl (C=O) groups excluding carboxylic acids is 1. The quantitative estimate of drug-likeness (QED) is 0.370. The van der Waals surface area contributed by atoms with Crippen molar-refractivity contribution in [1.29, 1.82) is 0 Å². The Balaban J connectivity index is 1.65. The van der Waals surface area contributed by atoms with Crippen LogP contribution in [-0.2, 0) is 6.18 Å². The van der Waals surface area contributed by atoms with Crippen LogP contribution in [0.5, 0.6) is 11.8 Å². The van der Waals surface area contributed by atoms with E-state index in [-0.39, 0.29) is 11.9 Å². The fourth-order valence-electron chi connectivity index (χ4n) is 3.32. The largest absolute Gasteiger partial charge is 0.497 e. The van der Waals surface area contributed by atoms with E-state index in [2.05, 4.69) is 15.4 Å². The molecule has 180 valence electrons. The molecule has 0 atom stereocenters. The molecule has 0 saturated heterocycles. The molecule has 0 radical (unpaired) electrons. The fraction of sp³-hybridized carbons (Fsp3) is 0.160. The van der Waals surface area contributed by atoms with Gasteiger partial charge in [0, 0.05) is 16.8 Å². The molecule has 1 amide bonds. The van der Waals surface area contributed by atoms with E-state index in [0.29, 0.717) is 40.7 Å². The minimum Gasteiger partial charge on any atom is -0.497 e. The van der Waals surface area contributed by atoms with Gasteiger partial charge in [-0.3, -0.25) is 4.79 Å². The van der Waals surface area contributed by atoms with Gasteiger partial charge in [-0.05, 0) is 61.5 Å². The van der Waals surface area contributed by atoms with E-state index in [4.69, 9.17) is 9.47 Å². The van der Waals surface area contributed by atoms with E-state index < -0.39 is 11.7 Å². The van der Waals surface area contributed by atoms with Gasteiger partial charge in [0.15, 0.2) is 5.82 Å². The fourth-order valence-corrected chi connectivity index (χ4v) is 3.32. The Labute approximate surface area is 199 Å². The molecule has 0 unspecified atom stereocenters. The summed E-state index contributed by atoms with van der Waals surface area (Å²) in [5, 5.41) is 7.17. The van der Waals surface area contributed by atoms with Crippen molar-refractivity contribution in [2.45, 2.75) is 13.1 Å². The van der Waals surface area contributed by atoms with Crippen LogP contribution in [0.1, 0.15) is 22.8 Å². The number of amides is 1. The molecule has 4 aromatic rings. The van der Waals surface area contributed by atoms with Crippen molar-refractivity contribution in [3.63, 3.8) is 0 Å². The number of methoxy groups -OCH3 is 1. The first kappa shape index (κ1) is 23.8. The molecule has 7 nitrogen and oxygen atoms in total. The molecule has 35 heavy (non-hydrogen) atoms. The third-order valence-electron chi connectivity index (χ3n) is 5.03. The first-order chi connectivity index (χ1) is 16.8. The SMILES string of the molecule is CCOc1nc(-c2ccc(C(F)(F)F)cc2)n(-c2cccc(NC(=O)c3ccc(OC)cc3)c2)n1. The number of aromatic nitrogens is 3. The van der Waals surface area contributed by atoms with Crippen molar-refractivity contribution in [3.05, 3.63) is 83.9 Å². The number of nitrogens with one attached hydrogen (secondary N) is 1. The standard InChI is InChI=1S/C25H21F3N4O3/c1-3-35-24-30-22(16-7-11-18(12-8-16)25(26,27)28)32(31-24)20-6-4-5-19(15-20)29-23(33)17-9-13-21(34-2)14-10-17/h4-15H,3H2,1-2H3,(H,29,33). The summed E-state index contributed by atoms with van der Waals surface area (Å²) >= 11 is 0. The maximum Gasteiger partial charge on any atom is 0.416 e. The lowest BCUT2D eigenvalue weighted by molar-refractivity contribution is -0.137. The molecular weight excluding hydrogens is 461 g/mol. The number of halogens is 3. The van der Waals surface area contributed by atoms with Gasteiger partial charge in [-0.25, -0.2) is 4.68 Å². The van der Waals surface area contributed by atoms with Crippen molar-refractivity contribution in [1.82, 2.24) is 14.8 Å². The highest BCUT2D eigenvalue weighted by atomic mass is 19.4. The maximum atomic E-state index is 13.0. The summed E-state index contributed by atoms with van der Waals surface area (Å²) in [6.45, 7) is 2.09. The second-order valence-corrected chi connectivity index (χ2v) is 7.37. The lowest BCUT2D eigenvalue weighted by atomic mass is 10.1. The normalized spacial score (nSPS) is 11.2. The van der Waals surface area contributed by atoms with Gasteiger partial charge in [0.05, 0.1) is 25.0 Å². The highest BCUT2D eigenvalue weighted by molar-refractivity contribution is 6.04. The monoisotopic (exact) mass is 482 g/mol. The first-order valence-corrected chi connectivity index (χ1v) is 10.6. The van der Waals surface area contributed by atoms with Gasteiger partial charge in [-0.1, -0.05) is 18.2 Å². The van der Waals surface area contributed by atoms with Crippen LogP contribution in [0.3, 0.4) is 0 Å². The van der Waals surface area contributed by atoms with Crippen molar-refractivity contribution in [2.75, 3.05) is 19.0 Å². The third kappa shape index (κ3) is 5.43. The number of hydrogen-bond acceptors (Lipinski definition) is 5. The molecule has 0 aliphatic rings. The molecule has 1 aromatic heterocycles. The van der Waals surface area contributed by atoms with Crippen LogP contribution in [0.2, 0.25) is 0 Å². The molecule has 10 heteroatoms. The minimum atomic E-state index is -4.45. The number of benzene rings is 3. The summed E-state index contributed by atoms with van der Waals surface area (Å²) in [6, 6.07) is 18.2. The zero-order valence-corrected chi connectivity index (χ0v) is 18.8. The molecule has 1 heterocycles. The van der Waals surface area contributed by atoms with Crippen LogP contribution in [0.15, 0.2) is 72.8 Å². The summed E-state index contributed by atoms with van der Waals surface area (Å²) < 4.78 is 50.9.